The predicted molar refractivity (Wildman–Crippen MR) is 95.2 cm³/mol. The van der Waals surface area contributed by atoms with Crippen molar-refractivity contribution in [3.8, 4) is 0 Å². The molecule has 1 saturated carbocycles. The normalized spacial score (nSPS) is 30.5. The van der Waals surface area contributed by atoms with Crippen LogP contribution in [0.4, 0.5) is 4.79 Å². The Bertz CT molecular complexity index is 423. The Morgan fingerprint density at radius 1 is 0.917 bits per heavy atom. The van der Waals surface area contributed by atoms with Crippen LogP contribution in [0.2, 0.25) is 0 Å². The Morgan fingerprint density at radius 2 is 1.46 bits per heavy atom. The van der Waals surface area contributed by atoms with E-state index in [1.165, 1.54) is 32.4 Å². The first-order chi connectivity index (χ1) is 11.4. The molecule has 24 heavy (non-hydrogen) atoms. The smallest absolute Gasteiger partial charge is 0.410 e. The molecule has 0 bridgehead atoms. The van der Waals surface area contributed by atoms with Gasteiger partial charge in [-0.15, -0.1) is 0 Å². The van der Waals surface area contributed by atoms with E-state index in [2.05, 4.69) is 15.1 Å². The molecule has 0 aromatic heterocycles. The van der Waals surface area contributed by atoms with Gasteiger partial charge >= 0.3 is 6.09 Å². The van der Waals surface area contributed by atoms with Gasteiger partial charge in [0, 0.05) is 64.4 Å². The summed E-state index contributed by atoms with van der Waals surface area (Å²) in [6, 6.07) is 1.38. The maximum Gasteiger partial charge on any atom is 0.410 e. The molecule has 1 aliphatic carbocycles. The van der Waals surface area contributed by atoms with Crippen molar-refractivity contribution < 1.29 is 9.53 Å². The van der Waals surface area contributed by atoms with Crippen molar-refractivity contribution in [2.45, 2.75) is 57.7 Å². The minimum atomic E-state index is -0.410. The van der Waals surface area contributed by atoms with Gasteiger partial charge in [0.05, 0.1) is 0 Å². The Kier molecular flexibility index (Phi) is 5.67. The molecule has 0 spiro atoms. The van der Waals surface area contributed by atoms with Gasteiger partial charge in [-0.2, -0.15) is 0 Å². The fourth-order valence-corrected chi connectivity index (χ4v) is 4.35. The zero-order chi connectivity index (χ0) is 17.2. The van der Waals surface area contributed by atoms with Gasteiger partial charge in [-0.1, -0.05) is 6.42 Å². The summed E-state index contributed by atoms with van der Waals surface area (Å²) < 4.78 is 5.51. The number of piperazine rings is 2. The topological polar surface area (TPSA) is 48.1 Å². The van der Waals surface area contributed by atoms with E-state index < -0.39 is 5.60 Å². The molecule has 6 heteroatoms. The fourth-order valence-electron chi connectivity index (χ4n) is 4.35. The molecular formula is C18H34N4O2. The molecule has 2 atom stereocenters. The number of carbonyl (C=O) groups is 1. The third-order valence-electron chi connectivity index (χ3n) is 5.50. The molecule has 6 nitrogen and oxygen atoms in total. The van der Waals surface area contributed by atoms with E-state index in [9.17, 15) is 4.79 Å². The molecule has 0 unspecified atom stereocenters. The van der Waals surface area contributed by atoms with Crippen molar-refractivity contribution >= 4 is 6.09 Å². The zero-order valence-corrected chi connectivity index (χ0v) is 15.6. The minimum absolute atomic E-state index is 0.160. The van der Waals surface area contributed by atoms with Crippen molar-refractivity contribution in [3.63, 3.8) is 0 Å². The van der Waals surface area contributed by atoms with E-state index >= 15 is 0 Å². The fraction of sp³-hybridized carbons (Fsp3) is 0.944. The highest BCUT2D eigenvalue weighted by molar-refractivity contribution is 5.68. The summed E-state index contributed by atoms with van der Waals surface area (Å²) in [4.78, 5) is 19.4. The Morgan fingerprint density at radius 3 is 2.00 bits per heavy atom. The molecule has 0 aromatic rings. The van der Waals surface area contributed by atoms with Crippen LogP contribution in [0.25, 0.3) is 0 Å². The van der Waals surface area contributed by atoms with Crippen molar-refractivity contribution in [1.29, 1.82) is 0 Å². The van der Waals surface area contributed by atoms with Crippen molar-refractivity contribution in [1.82, 2.24) is 20.0 Å². The van der Waals surface area contributed by atoms with Gasteiger partial charge in [-0.25, -0.2) is 4.79 Å². The van der Waals surface area contributed by atoms with Crippen LogP contribution in [0.1, 0.15) is 40.0 Å². The Labute approximate surface area is 146 Å². The average molecular weight is 338 g/mol. The Hall–Kier alpha value is -0.850. The van der Waals surface area contributed by atoms with E-state index in [1.807, 2.05) is 25.7 Å². The van der Waals surface area contributed by atoms with Crippen LogP contribution in [0.15, 0.2) is 0 Å². The molecule has 0 radical (unpaired) electrons. The lowest BCUT2D eigenvalue weighted by Gasteiger charge is -2.43. The van der Waals surface area contributed by atoms with Gasteiger partial charge in [0.1, 0.15) is 5.60 Å². The van der Waals surface area contributed by atoms with Crippen LogP contribution in [0, 0.1) is 0 Å². The summed E-state index contributed by atoms with van der Waals surface area (Å²) in [5, 5.41) is 3.46. The van der Waals surface area contributed by atoms with Crippen molar-refractivity contribution in [2.75, 3.05) is 52.4 Å². The van der Waals surface area contributed by atoms with Crippen LogP contribution in [0.5, 0.6) is 0 Å². The van der Waals surface area contributed by atoms with Gasteiger partial charge in [0.15, 0.2) is 0 Å². The monoisotopic (exact) mass is 338 g/mol. The summed E-state index contributed by atoms with van der Waals surface area (Å²) in [5.41, 5.74) is -0.410. The van der Waals surface area contributed by atoms with Gasteiger partial charge in [0.25, 0.3) is 0 Å². The SMILES string of the molecule is CC(C)(C)OC(=O)N1CCN([C@H]2CCC[C@@H]2N2CCNCC2)CC1. The second-order valence-corrected chi connectivity index (χ2v) is 8.35. The molecule has 2 saturated heterocycles. The number of ether oxygens (including phenoxy) is 1. The van der Waals surface area contributed by atoms with Crippen LogP contribution in [0.3, 0.4) is 0 Å². The maximum absolute atomic E-state index is 12.2. The van der Waals surface area contributed by atoms with Crippen molar-refractivity contribution in [3.05, 3.63) is 0 Å². The van der Waals surface area contributed by atoms with Gasteiger partial charge in [-0.3, -0.25) is 9.80 Å². The summed E-state index contributed by atoms with van der Waals surface area (Å²) in [7, 11) is 0. The standard InChI is InChI=1S/C18H34N4O2/c1-18(2,3)24-17(23)22-13-11-21(12-14-22)16-6-4-5-15(16)20-9-7-19-8-10-20/h15-16,19H,4-14H2,1-3H3/t15-,16-/m0/s1. The molecule has 2 heterocycles. The molecule has 138 valence electrons. The predicted octanol–water partition coefficient (Wildman–Crippen LogP) is 1.37. The lowest BCUT2D eigenvalue weighted by Crippen LogP contribution is -2.58. The Balaban J connectivity index is 1.51. The molecule has 3 rings (SSSR count). The maximum atomic E-state index is 12.2. The molecule has 1 N–H and O–H groups in total. The molecule has 3 aliphatic rings. The van der Waals surface area contributed by atoms with Gasteiger partial charge in [-0.05, 0) is 33.6 Å². The number of nitrogens with zero attached hydrogens (tertiary/aromatic N) is 3. The third-order valence-corrected chi connectivity index (χ3v) is 5.50. The molecule has 1 amide bonds. The molecular weight excluding hydrogens is 304 g/mol. The summed E-state index contributed by atoms with van der Waals surface area (Å²) >= 11 is 0. The highest BCUT2D eigenvalue weighted by Gasteiger charge is 2.38. The van der Waals surface area contributed by atoms with Crippen LogP contribution < -0.4 is 5.32 Å². The highest BCUT2D eigenvalue weighted by Crippen LogP contribution is 2.29. The van der Waals surface area contributed by atoms with Gasteiger partial charge in [0.2, 0.25) is 0 Å². The second-order valence-electron chi connectivity index (χ2n) is 8.35. The third kappa shape index (κ3) is 4.41. The van der Waals surface area contributed by atoms with E-state index in [1.54, 1.807) is 0 Å². The summed E-state index contributed by atoms with van der Waals surface area (Å²) in [5.74, 6) is 0. The quantitative estimate of drug-likeness (QED) is 0.824. The highest BCUT2D eigenvalue weighted by atomic mass is 16.6. The minimum Gasteiger partial charge on any atom is -0.444 e. The van der Waals surface area contributed by atoms with E-state index in [-0.39, 0.29) is 6.09 Å². The summed E-state index contributed by atoms with van der Waals surface area (Å²) in [6.07, 6.45) is 3.82. The largest absolute Gasteiger partial charge is 0.444 e. The first-order valence-corrected chi connectivity index (χ1v) is 9.61. The molecule has 0 aromatic carbocycles. The number of hydrogen-bond donors (Lipinski definition) is 1. The summed E-state index contributed by atoms with van der Waals surface area (Å²) in [6.45, 7) is 13.9. The zero-order valence-electron chi connectivity index (χ0n) is 15.6. The molecule has 3 fully saturated rings. The number of nitrogens with one attached hydrogen (secondary N) is 1. The van der Waals surface area contributed by atoms with Crippen LogP contribution >= 0.6 is 0 Å². The second kappa shape index (κ2) is 7.58. The lowest BCUT2D eigenvalue weighted by molar-refractivity contribution is 0.00428. The first-order valence-electron chi connectivity index (χ1n) is 9.61. The van der Waals surface area contributed by atoms with E-state index in [4.69, 9.17) is 4.74 Å². The molecule has 2 aliphatic heterocycles. The number of carbonyl (C=O) groups excluding carboxylic acids is 1. The van der Waals surface area contributed by atoms with E-state index in [0.717, 1.165) is 39.3 Å². The van der Waals surface area contributed by atoms with Crippen molar-refractivity contribution in [2.24, 2.45) is 0 Å². The average Bonchev–Trinajstić information content (AvgIpc) is 3.04. The van der Waals surface area contributed by atoms with E-state index in [0.29, 0.717) is 12.1 Å². The number of hydrogen-bond acceptors (Lipinski definition) is 5. The number of rotatable bonds is 2. The van der Waals surface area contributed by atoms with Crippen LogP contribution in [-0.4, -0.2) is 90.8 Å². The first kappa shape index (κ1) is 18.0. The van der Waals surface area contributed by atoms with Gasteiger partial charge < -0.3 is 15.0 Å². The van der Waals surface area contributed by atoms with Crippen LogP contribution in [-0.2, 0) is 4.74 Å². The lowest BCUT2D eigenvalue weighted by atomic mass is 10.1. The number of amides is 1.